The van der Waals surface area contributed by atoms with E-state index in [1.807, 2.05) is 0 Å². The van der Waals surface area contributed by atoms with Crippen LogP contribution in [0, 0.1) is 18.3 Å². The number of para-hydroxylation sites is 1. The second-order valence-corrected chi connectivity index (χ2v) is 6.43. The molecule has 0 saturated carbocycles. The molecule has 1 aliphatic heterocycles. The Morgan fingerprint density at radius 3 is 2.75 bits per heavy atom. The molecular weight excluding hydrogens is 360 g/mol. The number of hydrogen-bond donors (Lipinski definition) is 2. The Morgan fingerprint density at radius 1 is 1.29 bits per heavy atom. The van der Waals surface area contributed by atoms with Crippen LogP contribution in [0.3, 0.4) is 0 Å². The van der Waals surface area contributed by atoms with Crippen LogP contribution in [0.15, 0.2) is 57.1 Å². The number of nitrogens with zero attached hydrogens (tertiary/aromatic N) is 1. The Bertz CT molecular complexity index is 1250. The lowest BCUT2D eigenvalue weighted by Gasteiger charge is -2.29. The number of nitrogens with two attached hydrogens (primary N) is 1. The average Bonchev–Trinajstić information content (AvgIpc) is 2.66. The Labute approximate surface area is 159 Å². The standard InChI is InChI=1S/C21H16N2O5/c1-10-7-16(25)27-15-8-13(24)19-18(11-5-3-4-6-14(11)26-2)12(9-22)21(23)28-20(19)17(10)15/h3-8,18,24H,23H2,1-2H3. The Kier molecular flexibility index (Phi) is 3.97. The first-order valence-corrected chi connectivity index (χ1v) is 8.47. The van der Waals surface area contributed by atoms with Gasteiger partial charge in [-0.1, -0.05) is 18.2 Å². The van der Waals surface area contributed by atoms with Gasteiger partial charge in [0.25, 0.3) is 0 Å². The van der Waals surface area contributed by atoms with Gasteiger partial charge in [-0.15, -0.1) is 0 Å². The predicted molar refractivity (Wildman–Crippen MR) is 101 cm³/mol. The average molecular weight is 376 g/mol. The summed E-state index contributed by atoms with van der Waals surface area (Å²) in [5.74, 6) is -0.170. The molecule has 0 aliphatic carbocycles. The van der Waals surface area contributed by atoms with Crippen molar-refractivity contribution in [3.05, 3.63) is 75.0 Å². The minimum Gasteiger partial charge on any atom is -0.507 e. The Balaban J connectivity index is 2.14. The molecule has 4 rings (SSSR count). The van der Waals surface area contributed by atoms with E-state index < -0.39 is 11.5 Å². The number of aryl methyl sites for hydroxylation is 1. The monoisotopic (exact) mass is 376 g/mol. The van der Waals surface area contributed by atoms with E-state index in [9.17, 15) is 15.2 Å². The van der Waals surface area contributed by atoms with Crippen LogP contribution in [0.1, 0.15) is 22.6 Å². The van der Waals surface area contributed by atoms with E-state index in [2.05, 4.69) is 6.07 Å². The second kappa shape index (κ2) is 6.35. The number of allylic oxidation sites excluding steroid dienone is 1. The van der Waals surface area contributed by atoms with Gasteiger partial charge in [0, 0.05) is 17.7 Å². The van der Waals surface area contributed by atoms with Crippen molar-refractivity contribution in [1.82, 2.24) is 0 Å². The molecule has 28 heavy (non-hydrogen) atoms. The van der Waals surface area contributed by atoms with Gasteiger partial charge in [-0.3, -0.25) is 0 Å². The van der Waals surface area contributed by atoms with Crippen molar-refractivity contribution in [2.75, 3.05) is 7.11 Å². The molecule has 3 N–H and O–H groups in total. The lowest BCUT2D eigenvalue weighted by atomic mass is 9.81. The zero-order chi connectivity index (χ0) is 20.0. The summed E-state index contributed by atoms with van der Waals surface area (Å²) in [4.78, 5) is 11.7. The number of rotatable bonds is 2. The lowest BCUT2D eigenvalue weighted by Crippen LogP contribution is -2.22. The van der Waals surface area contributed by atoms with Crippen molar-refractivity contribution in [2.24, 2.45) is 5.73 Å². The molecular formula is C21H16N2O5. The van der Waals surface area contributed by atoms with E-state index in [0.29, 0.717) is 27.8 Å². The molecule has 0 fully saturated rings. The van der Waals surface area contributed by atoms with Gasteiger partial charge < -0.3 is 24.7 Å². The first kappa shape index (κ1) is 17.5. The molecule has 1 atom stereocenters. The van der Waals surface area contributed by atoms with Crippen LogP contribution in [-0.4, -0.2) is 12.2 Å². The molecule has 1 aliphatic rings. The molecule has 1 aromatic heterocycles. The van der Waals surface area contributed by atoms with Crippen LogP contribution in [-0.2, 0) is 0 Å². The normalized spacial score (nSPS) is 15.7. The minimum atomic E-state index is -0.708. The van der Waals surface area contributed by atoms with Gasteiger partial charge in [0.15, 0.2) is 0 Å². The third-order valence-electron chi connectivity index (χ3n) is 4.83. The van der Waals surface area contributed by atoms with Crippen LogP contribution in [0.25, 0.3) is 11.0 Å². The largest absolute Gasteiger partial charge is 0.507 e. The molecule has 0 radical (unpaired) electrons. The third kappa shape index (κ3) is 2.47. The number of benzene rings is 2. The van der Waals surface area contributed by atoms with E-state index in [1.165, 1.54) is 19.2 Å². The van der Waals surface area contributed by atoms with Crippen molar-refractivity contribution in [1.29, 1.82) is 5.26 Å². The first-order valence-electron chi connectivity index (χ1n) is 8.47. The molecule has 7 nitrogen and oxygen atoms in total. The highest BCUT2D eigenvalue weighted by atomic mass is 16.5. The summed E-state index contributed by atoms with van der Waals surface area (Å²) in [7, 11) is 1.53. The van der Waals surface area contributed by atoms with Crippen molar-refractivity contribution in [2.45, 2.75) is 12.8 Å². The lowest BCUT2D eigenvalue weighted by molar-refractivity contribution is 0.379. The fraction of sp³-hybridized carbons (Fsp3) is 0.143. The van der Waals surface area contributed by atoms with Crippen LogP contribution in [0.2, 0.25) is 0 Å². The van der Waals surface area contributed by atoms with Crippen molar-refractivity contribution in [3.8, 4) is 23.3 Å². The number of aromatic hydroxyl groups is 1. The van der Waals surface area contributed by atoms with Gasteiger partial charge in [-0.2, -0.15) is 5.26 Å². The van der Waals surface area contributed by atoms with Gasteiger partial charge in [0.1, 0.15) is 34.5 Å². The smallest absolute Gasteiger partial charge is 0.336 e. The summed E-state index contributed by atoms with van der Waals surface area (Å²) in [5, 5.41) is 21.0. The summed E-state index contributed by atoms with van der Waals surface area (Å²) in [5.41, 5.74) is 7.47. The van der Waals surface area contributed by atoms with Crippen molar-refractivity contribution >= 4 is 11.0 Å². The number of phenolic OH excluding ortho intramolecular Hbond substituents is 1. The molecule has 1 unspecified atom stereocenters. The van der Waals surface area contributed by atoms with Crippen LogP contribution < -0.4 is 20.8 Å². The number of fused-ring (bicyclic) bond motifs is 3. The van der Waals surface area contributed by atoms with Crippen LogP contribution in [0.5, 0.6) is 17.2 Å². The van der Waals surface area contributed by atoms with E-state index in [4.69, 9.17) is 19.6 Å². The SMILES string of the molecule is COc1ccccc1C1C(C#N)=C(N)Oc2c1c(O)cc1oc(=O)cc(C)c21. The maximum atomic E-state index is 11.7. The Hall–Kier alpha value is -3.92. The summed E-state index contributed by atoms with van der Waals surface area (Å²) >= 11 is 0. The van der Waals surface area contributed by atoms with Gasteiger partial charge in [-0.05, 0) is 18.6 Å². The molecule has 0 amide bonds. The van der Waals surface area contributed by atoms with Gasteiger partial charge >= 0.3 is 5.63 Å². The van der Waals surface area contributed by atoms with E-state index in [0.717, 1.165) is 0 Å². The highest BCUT2D eigenvalue weighted by Crippen LogP contribution is 2.51. The van der Waals surface area contributed by atoms with E-state index >= 15 is 0 Å². The molecule has 2 aromatic carbocycles. The number of ether oxygens (including phenoxy) is 2. The highest BCUT2D eigenvalue weighted by Gasteiger charge is 2.36. The molecule has 0 bridgehead atoms. The number of methoxy groups -OCH3 is 1. The van der Waals surface area contributed by atoms with Crippen LogP contribution >= 0.6 is 0 Å². The fourth-order valence-electron chi connectivity index (χ4n) is 3.65. The summed E-state index contributed by atoms with van der Waals surface area (Å²) in [6, 6.07) is 11.9. The van der Waals surface area contributed by atoms with E-state index in [-0.39, 0.29) is 28.5 Å². The Morgan fingerprint density at radius 2 is 2.04 bits per heavy atom. The number of phenols is 1. The molecule has 7 heteroatoms. The topological polar surface area (TPSA) is 119 Å². The van der Waals surface area contributed by atoms with Crippen molar-refractivity contribution < 1.29 is 19.0 Å². The zero-order valence-electron chi connectivity index (χ0n) is 15.1. The zero-order valence-corrected chi connectivity index (χ0v) is 15.1. The quantitative estimate of drug-likeness (QED) is 0.660. The molecule has 3 aromatic rings. The molecule has 140 valence electrons. The predicted octanol–water partition coefficient (Wildman–Crippen LogP) is 3.03. The second-order valence-electron chi connectivity index (χ2n) is 6.43. The van der Waals surface area contributed by atoms with Crippen LogP contribution in [0.4, 0.5) is 0 Å². The van der Waals surface area contributed by atoms with E-state index in [1.54, 1.807) is 31.2 Å². The number of nitriles is 1. The highest BCUT2D eigenvalue weighted by molar-refractivity contribution is 5.91. The third-order valence-corrected chi connectivity index (χ3v) is 4.83. The maximum absolute atomic E-state index is 11.7. The summed E-state index contributed by atoms with van der Waals surface area (Å²) in [6.45, 7) is 1.73. The molecule has 2 heterocycles. The van der Waals surface area contributed by atoms with Crippen molar-refractivity contribution in [3.63, 3.8) is 0 Å². The fourth-order valence-corrected chi connectivity index (χ4v) is 3.65. The van der Waals surface area contributed by atoms with Gasteiger partial charge in [-0.25, -0.2) is 4.79 Å². The molecule has 0 saturated heterocycles. The summed E-state index contributed by atoms with van der Waals surface area (Å²) in [6.07, 6.45) is 0. The van der Waals surface area contributed by atoms with Gasteiger partial charge in [0.2, 0.25) is 5.88 Å². The maximum Gasteiger partial charge on any atom is 0.336 e. The van der Waals surface area contributed by atoms with Gasteiger partial charge in [0.05, 0.1) is 24.0 Å². The number of hydrogen-bond acceptors (Lipinski definition) is 7. The molecule has 0 spiro atoms. The summed E-state index contributed by atoms with van der Waals surface area (Å²) < 4.78 is 16.4. The minimum absolute atomic E-state index is 0.0802. The first-order chi connectivity index (χ1) is 13.5.